The van der Waals surface area contributed by atoms with Gasteiger partial charge in [0.2, 0.25) is 0 Å². The zero-order chi connectivity index (χ0) is 21.6. The molecule has 0 fully saturated rings. The number of rotatable bonds is 8. The average molecular weight is 443 g/mol. The summed E-state index contributed by atoms with van der Waals surface area (Å²) in [4.78, 5) is 12.7. The fourth-order valence-electron chi connectivity index (χ4n) is 3.02. The summed E-state index contributed by atoms with van der Waals surface area (Å²) in [5, 5.41) is 3.60. The van der Waals surface area contributed by atoms with Crippen LogP contribution in [-0.4, -0.2) is 27.9 Å². The van der Waals surface area contributed by atoms with E-state index in [1.165, 1.54) is 11.4 Å². The normalized spacial score (nSPS) is 11.1. The lowest BCUT2D eigenvalue weighted by atomic mass is 10.1. The SMILES string of the molecule is CN(c1cccc(C(=O)NCCCc2ccccc2Cl)c1)S(=O)(=O)c1ccccc1. The summed E-state index contributed by atoms with van der Waals surface area (Å²) < 4.78 is 26.8. The molecule has 5 nitrogen and oxygen atoms in total. The zero-order valence-corrected chi connectivity index (χ0v) is 18.2. The largest absolute Gasteiger partial charge is 0.352 e. The Balaban J connectivity index is 1.63. The van der Waals surface area contributed by atoms with Gasteiger partial charge in [-0.15, -0.1) is 0 Å². The average Bonchev–Trinajstić information content (AvgIpc) is 2.77. The van der Waals surface area contributed by atoms with Gasteiger partial charge >= 0.3 is 0 Å². The molecule has 0 saturated carbocycles. The third-order valence-electron chi connectivity index (χ3n) is 4.74. The van der Waals surface area contributed by atoms with E-state index >= 15 is 0 Å². The highest BCUT2D eigenvalue weighted by Crippen LogP contribution is 2.23. The van der Waals surface area contributed by atoms with Crippen LogP contribution in [0.15, 0.2) is 83.8 Å². The molecule has 0 atom stereocenters. The molecule has 0 heterocycles. The first kappa shape index (κ1) is 21.9. The molecule has 30 heavy (non-hydrogen) atoms. The number of aryl methyl sites for hydroxylation is 1. The van der Waals surface area contributed by atoms with Crippen LogP contribution < -0.4 is 9.62 Å². The second-order valence-electron chi connectivity index (χ2n) is 6.79. The lowest BCUT2D eigenvalue weighted by molar-refractivity contribution is 0.0953. The lowest BCUT2D eigenvalue weighted by Gasteiger charge is -2.20. The van der Waals surface area contributed by atoms with E-state index in [2.05, 4.69) is 5.32 Å². The van der Waals surface area contributed by atoms with Gasteiger partial charge < -0.3 is 5.32 Å². The van der Waals surface area contributed by atoms with E-state index in [0.29, 0.717) is 17.8 Å². The summed E-state index contributed by atoms with van der Waals surface area (Å²) in [5.41, 5.74) is 1.87. The Morgan fingerprint density at radius 2 is 1.67 bits per heavy atom. The van der Waals surface area contributed by atoms with Gasteiger partial charge in [-0.25, -0.2) is 8.42 Å². The van der Waals surface area contributed by atoms with Crippen LogP contribution in [0.4, 0.5) is 5.69 Å². The van der Waals surface area contributed by atoms with Gasteiger partial charge in [0.05, 0.1) is 10.6 Å². The minimum atomic E-state index is -3.70. The van der Waals surface area contributed by atoms with Crippen molar-refractivity contribution in [2.45, 2.75) is 17.7 Å². The standard InChI is InChI=1S/C23H23ClN2O3S/c1-26(30(28,29)21-13-3-2-4-14-21)20-12-7-10-19(17-20)23(27)25-16-8-11-18-9-5-6-15-22(18)24/h2-7,9-10,12-15,17H,8,11,16H2,1H3,(H,25,27). The molecule has 0 aliphatic carbocycles. The third-order valence-corrected chi connectivity index (χ3v) is 6.91. The molecule has 1 N–H and O–H groups in total. The summed E-state index contributed by atoms with van der Waals surface area (Å²) in [7, 11) is -2.23. The van der Waals surface area contributed by atoms with Gasteiger partial charge in [0, 0.05) is 24.2 Å². The fraction of sp³-hybridized carbons (Fsp3) is 0.174. The molecule has 0 aliphatic rings. The molecule has 3 rings (SSSR count). The van der Waals surface area contributed by atoms with Crippen molar-refractivity contribution in [1.29, 1.82) is 0 Å². The molecule has 3 aromatic carbocycles. The first-order chi connectivity index (χ1) is 14.4. The van der Waals surface area contributed by atoms with E-state index in [4.69, 9.17) is 11.6 Å². The van der Waals surface area contributed by atoms with Gasteiger partial charge in [-0.05, 0) is 54.8 Å². The van der Waals surface area contributed by atoms with Crippen molar-refractivity contribution >= 4 is 33.2 Å². The molecule has 1 amide bonds. The summed E-state index contributed by atoms with van der Waals surface area (Å²) in [6.07, 6.45) is 1.51. The number of halogens is 1. The van der Waals surface area contributed by atoms with Crippen LogP contribution in [0.5, 0.6) is 0 Å². The van der Waals surface area contributed by atoms with Crippen molar-refractivity contribution in [1.82, 2.24) is 5.32 Å². The Hall–Kier alpha value is -2.83. The van der Waals surface area contributed by atoms with E-state index in [0.717, 1.165) is 23.4 Å². The number of carbonyl (C=O) groups excluding carboxylic acids is 1. The van der Waals surface area contributed by atoms with Crippen LogP contribution in [0.3, 0.4) is 0 Å². The molecule has 0 aromatic heterocycles. The van der Waals surface area contributed by atoms with Crippen molar-refractivity contribution in [3.8, 4) is 0 Å². The second-order valence-corrected chi connectivity index (χ2v) is 9.16. The molecule has 0 spiro atoms. The minimum absolute atomic E-state index is 0.196. The maximum Gasteiger partial charge on any atom is 0.264 e. The number of amides is 1. The second kappa shape index (κ2) is 9.78. The van der Waals surface area contributed by atoms with Crippen LogP contribution in [-0.2, 0) is 16.4 Å². The lowest BCUT2D eigenvalue weighted by Crippen LogP contribution is -2.28. The molecule has 0 saturated heterocycles. The molecule has 0 unspecified atom stereocenters. The molecule has 0 bridgehead atoms. The predicted molar refractivity (Wildman–Crippen MR) is 121 cm³/mol. The highest BCUT2D eigenvalue weighted by molar-refractivity contribution is 7.92. The van der Waals surface area contributed by atoms with Crippen LogP contribution in [0.2, 0.25) is 5.02 Å². The Morgan fingerprint density at radius 3 is 2.40 bits per heavy atom. The van der Waals surface area contributed by atoms with Crippen molar-refractivity contribution in [2.24, 2.45) is 0 Å². The van der Waals surface area contributed by atoms with Crippen molar-refractivity contribution in [3.05, 3.63) is 95.0 Å². The number of nitrogens with zero attached hydrogens (tertiary/aromatic N) is 1. The molecular formula is C23H23ClN2O3S. The number of hydrogen-bond acceptors (Lipinski definition) is 3. The Kier molecular flexibility index (Phi) is 7.13. The Labute approximate surface area is 182 Å². The molecule has 3 aromatic rings. The number of sulfonamides is 1. The summed E-state index contributed by atoms with van der Waals surface area (Å²) in [5.74, 6) is -0.249. The van der Waals surface area contributed by atoms with Crippen LogP contribution in [0.1, 0.15) is 22.3 Å². The monoisotopic (exact) mass is 442 g/mol. The van der Waals surface area contributed by atoms with Crippen molar-refractivity contribution < 1.29 is 13.2 Å². The number of anilines is 1. The van der Waals surface area contributed by atoms with Crippen LogP contribution in [0, 0.1) is 0 Å². The van der Waals surface area contributed by atoms with Crippen LogP contribution in [0.25, 0.3) is 0 Å². The maximum absolute atomic E-state index is 12.8. The zero-order valence-electron chi connectivity index (χ0n) is 16.6. The quantitative estimate of drug-likeness (QED) is 0.521. The smallest absolute Gasteiger partial charge is 0.264 e. The molecule has 0 aliphatic heterocycles. The van der Waals surface area contributed by atoms with Gasteiger partial charge in [0.1, 0.15) is 0 Å². The van der Waals surface area contributed by atoms with Gasteiger partial charge in [0.25, 0.3) is 15.9 Å². The van der Waals surface area contributed by atoms with Crippen molar-refractivity contribution in [2.75, 3.05) is 17.9 Å². The summed E-state index contributed by atoms with van der Waals surface area (Å²) >= 11 is 6.15. The highest BCUT2D eigenvalue weighted by Gasteiger charge is 2.21. The van der Waals surface area contributed by atoms with Gasteiger partial charge in [0.15, 0.2) is 0 Å². The van der Waals surface area contributed by atoms with Crippen LogP contribution >= 0.6 is 11.6 Å². The predicted octanol–water partition coefficient (Wildman–Crippen LogP) is 4.53. The van der Waals surface area contributed by atoms with Gasteiger partial charge in [-0.1, -0.05) is 54.1 Å². The van der Waals surface area contributed by atoms with E-state index in [1.54, 1.807) is 54.6 Å². The van der Waals surface area contributed by atoms with E-state index in [9.17, 15) is 13.2 Å². The van der Waals surface area contributed by atoms with Crippen molar-refractivity contribution in [3.63, 3.8) is 0 Å². The molecular weight excluding hydrogens is 420 g/mol. The molecule has 0 radical (unpaired) electrons. The van der Waals surface area contributed by atoms with Gasteiger partial charge in [-0.2, -0.15) is 0 Å². The van der Waals surface area contributed by atoms with E-state index in [1.807, 2.05) is 24.3 Å². The molecule has 156 valence electrons. The number of carbonyl (C=O) groups is 1. The molecule has 7 heteroatoms. The fourth-order valence-corrected chi connectivity index (χ4v) is 4.45. The Morgan fingerprint density at radius 1 is 0.967 bits per heavy atom. The summed E-state index contributed by atoms with van der Waals surface area (Å²) in [6, 6.07) is 22.4. The number of benzene rings is 3. The van der Waals surface area contributed by atoms with E-state index in [-0.39, 0.29) is 10.8 Å². The highest BCUT2D eigenvalue weighted by atomic mass is 35.5. The van der Waals surface area contributed by atoms with E-state index < -0.39 is 10.0 Å². The number of hydrogen-bond donors (Lipinski definition) is 1. The van der Waals surface area contributed by atoms with Gasteiger partial charge in [-0.3, -0.25) is 9.10 Å². The Bertz CT molecular complexity index is 1120. The topological polar surface area (TPSA) is 66.5 Å². The number of nitrogens with one attached hydrogen (secondary N) is 1. The maximum atomic E-state index is 12.8. The first-order valence-electron chi connectivity index (χ1n) is 9.55. The summed E-state index contributed by atoms with van der Waals surface area (Å²) in [6.45, 7) is 0.492. The minimum Gasteiger partial charge on any atom is -0.352 e. The third kappa shape index (κ3) is 5.20. The first-order valence-corrected chi connectivity index (χ1v) is 11.4.